The molecule has 2 aromatic rings. The Morgan fingerprint density at radius 1 is 0.935 bits per heavy atom. The Hall–Kier alpha value is -3.95. The minimum absolute atomic E-state index is 0.0380. The van der Waals surface area contributed by atoms with E-state index in [-0.39, 0.29) is 28.1 Å². The molecule has 0 aliphatic carbocycles. The maximum atomic E-state index is 12.7. The average Bonchev–Trinajstić information content (AvgIpc) is 3.32. The number of carbonyl (C=O) groups excluding carboxylic acids is 3. The number of hydrogen-bond donors (Lipinski definition) is 1. The molecule has 1 aliphatic heterocycles. The van der Waals surface area contributed by atoms with Crippen LogP contribution in [0.25, 0.3) is 0 Å². The van der Waals surface area contributed by atoms with Gasteiger partial charge in [-0.05, 0) is 43.2 Å². The zero-order valence-electron chi connectivity index (χ0n) is 17.0. The molecule has 1 amide bonds. The summed E-state index contributed by atoms with van der Waals surface area (Å²) in [5.41, 5.74) is 0.595. The lowest BCUT2D eigenvalue weighted by atomic mass is 10.1. The summed E-state index contributed by atoms with van der Waals surface area (Å²) < 4.78 is 9.34. The van der Waals surface area contributed by atoms with Crippen LogP contribution in [0.15, 0.2) is 36.4 Å². The van der Waals surface area contributed by atoms with E-state index in [9.17, 15) is 24.5 Å². The lowest BCUT2D eigenvalue weighted by Gasteiger charge is -2.18. The zero-order chi connectivity index (χ0) is 22.5. The molecule has 0 spiro atoms. The van der Waals surface area contributed by atoms with Crippen molar-refractivity contribution in [1.82, 2.24) is 0 Å². The van der Waals surface area contributed by atoms with Crippen molar-refractivity contribution in [2.75, 3.05) is 37.5 Å². The number of esters is 2. The molecule has 0 unspecified atom stereocenters. The largest absolute Gasteiger partial charge is 0.465 e. The van der Waals surface area contributed by atoms with E-state index in [2.05, 4.69) is 14.8 Å². The standard InChI is InChI=1S/C21H21N3O7/c1-30-20(26)14-9-15(21(27)31-2)11-16(10-14)22-19(25)13-5-6-17(18(12-13)24(28)29)23-7-3-4-8-23/h5-6,9-12H,3-4,7-8H2,1-2H3,(H,22,25). The molecule has 2 aromatic carbocycles. The lowest BCUT2D eigenvalue weighted by Crippen LogP contribution is -2.20. The van der Waals surface area contributed by atoms with Crippen LogP contribution in [0.2, 0.25) is 0 Å². The monoisotopic (exact) mass is 427 g/mol. The topological polar surface area (TPSA) is 128 Å². The fraction of sp³-hybridized carbons (Fsp3) is 0.286. The highest BCUT2D eigenvalue weighted by Gasteiger charge is 2.24. The first kappa shape index (κ1) is 21.8. The van der Waals surface area contributed by atoms with Gasteiger partial charge in [-0.3, -0.25) is 14.9 Å². The normalized spacial score (nSPS) is 12.9. The van der Waals surface area contributed by atoms with E-state index in [4.69, 9.17) is 0 Å². The number of nitro groups is 1. The molecule has 0 atom stereocenters. The first-order valence-corrected chi connectivity index (χ1v) is 9.50. The molecule has 1 fully saturated rings. The van der Waals surface area contributed by atoms with Crippen LogP contribution in [0.4, 0.5) is 17.1 Å². The van der Waals surface area contributed by atoms with Crippen LogP contribution in [0.5, 0.6) is 0 Å². The highest BCUT2D eigenvalue weighted by Crippen LogP contribution is 2.32. The molecule has 31 heavy (non-hydrogen) atoms. The van der Waals surface area contributed by atoms with Crippen LogP contribution in [-0.2, 0) is 9.47 Å². The molecule has 0 aromatic heterocycles. The van der Waals surface area contributed by atoms with E-state index in [0.717, 1.165) is 25.9 Å². The maximum absolute atomic E-state index is 12.7. The third-order valence-electron chi connectivity index (χ3n) is 4.91. The van der Waals surface area contributed by atoms with Crippen molar-refractivity contribution < 1.29 is 28.8 Å². The summed E-state index contributed by atoms with van der Waals surface area (Å²) in [4.78, 5) is 49.5. The Morgan fingerprint density at radius 2 is 1.52 bits per heavy atom. The van der Waals surface area contributed by atoms with Crippen LogP contribution in [0, 0.1) is 10.1 Å². The van der Waals surface area contributed by atoms with Crippen LogP contribution in [0.1, 0.15) is 43.9 Å². The maximum Gasteiger partial charge on any atom is 0.337 e. The van der Waals surface area contributed by atoms with E-state index in [1.165, 1.54) is 44.6 Å². The van der Waals surface area contributed by atoms with Gasteiger partial charge in [-0.2, -0.15) is 0 Å². The summed E-state index contributed by atoms with van der Waals surface area (Å²) >= 11 is 0. The molecule has 1 aliphatic rings. The third kappa shape index (κ3) is 4.80. The van der Waals surface area contributed by atoms with E-state index in [1.807, 2.05) is 4.90 Å². The summed E-state index contributed by atoms with van der Waals surface area (Å²) in [6.07, 6.45) is 1.91. The molecule has 1 saturated heterocycles. The van der Waals surface area contributed by atoms with Gasteiger partial charge in [0.05, 0.1) is 30.3 Å². The van der Waals surface area contributed by atoms with Crippen molar-refractivity contribution in [2.24, 2.45) is 0 Å². The van der Waals surface area contributed by atoms with Crippen LogP contribution < -0.4 is 10.2 Å². The van der Waals surface area contributed by atoms with Gasteiger partial charge in [0.25, 0.3) is 11.6 Å². The number of ether oxygens (including phenoxy) is 2. The van der Waals surface area contributed by atoms with E-state index in [0.29, 0.717) is 5.69 Å². The molecule has 1 N–H and O–H groups in total. The molecule has 10 heteroatoms. The highest BCUT2D eigenvalue weighted by molar-refractivity contribution is 6.06. The number of benzene rings is 2. The Labute approximate surface area is 177 Å². The van der Waals surface area contributed by atoms with Crippen molar-refractivity contribution in [1.29, 1.82) is 0 Å². The predicted octanol–water partition coefficient (Wildman–Crippen LogP) is 3.02. The van der Waals surface area contributed by atoms with Crippen LogP contribution >= 0.6 is 0 Å². The van der Waals surface area contributed by atoms with Crippen molar-refractivity contribution >= 4 is 34.9 Å². The third-order valence-corrected chi connectivity index (χ3v) is 4.91. The summed E-state index contributed by atoms with van der Waals surface area (Å²) in [6, 6.07) is 8.23. The van der Waals surface area contributed by atoms with Gasteiger partial charge in [0.1, 0.15) is 5.69 Å². The van der Waals surface area contributed by atoms with Gasteiger partial charge in [-0.15, -0.1) is 0 Å². The van der Waals surface area contributed by atoms with Crippen molar-refractivity contribution in [3.05, 3.63) is 63.2 Å². The number of nitro benzene ring substituents is 1. The molecular weight excluding hydrogens is 406 g/mol. The number of amides is 1. The van der Waals surface area contributed by atoms with Crippen LogP contribution in [0.3, 0.4) is 0 Å². The Kier molecular flexibility index (Phi) is 6.49. The van der Waals surface area contributed by atoms with Gasteiger partial charge in [-0.1, -0.05) is 0 Å². The first-order chi connectivity index (χ1) is 14.8. The number of hydrogen-bond acceptors (Lipinski definition) is 8. The molecular formula is C21H21N3O7. The number of nitrogens with one attached hydrogen (secondary N) is 1. The van der Waals surface area contributed by atoms with Crippen LogP contribution in [-0.4, -0.2) is 50.1 Å². The molecule has 0 saturated carbocycles. The van der Waals surface area contributed by atoms with E-state index in [1.54, 1.807) is 6.07 Å². The molecule has 3 rings (SSSR count). The number of carbonyl (C=O) groups is 3. The Balaban J connectivity index is 1.91. The Bertz CT molecular complexity index is 1010. The zero-order valence-corrected chi connectivity index (χ0v) is 17.0. The lowest BCUT2D eigenvalue weighted by molar-refractivity contribution is -0.384. The minimum atomic E-state index is -0.702. The summed E-state index contributed by atoms with van der Waals surface area (Å²) in [5.74, 6) is -2.03. The highest BCUT2D eigenvalue weighted by atomic mass is 16.6. The van der Waals surface area contributed by atoms with Gasteiger partial charge in [0, 0.05) is 30.4 Å². The summed E-state index contributed by atoms with van der Waals surface area (Å²) in [5, 5.41) is 14.1. The minimum Gasteiger partial charge on any atom is -0.465 e. The SMILES string of the molecule is COC(=O)c1cc(NC(=O)c2ccc(N3CCCC3)c([N+](=O)[O-])c2)cc(C(=O)OC)c1. The fourth-order valence-corrected chi connectivity index (χ4v) is 3.41. The number of rotatable bonds is 6. The van der Waals surface area contributed by atoms with Gasteiger partial charge in [-0.25, -0.2) is 9.59 Å². The second-order valence-corrected chi connectivity index (χ2v) is 6.89. The summed E-state index contributed by atoms with van der Waals surface area (Å²) in [7, 11) is 2.37. The second-order valence-electron chi connectivity index (χ2n) is 6.89. The van der Waals surface area contributed by atoms with Crippen molar-refractivity contribution in [3.8, 4) is 0 Å². The quantitative estimate of drug-likeness (QED) is 0.423. The predicted molar refractivity (Wildman–Crippen MR) is 112 cm³/mol. The first-order valence-electron chi connectivity index (χ1n) is 9.50. The van der Waals surface area contributed by atoms with Gasteiger partial charge in [0.2, 0.25) is 0 Å². The number of anilines is 2. The molecule has 0 radical (unpaired) electrons. The Morgan fingerprint density at radius 3 is 2.03 bits per heavy atom. The molecule has 1 heterocycles. The molecule has 162 valence electrons. The van der Waals surface area contributed by atoms with E-state index < -0.39 is 22.8 Å². The number of nitrogens with zero attached hydrogens (tertiary/aromatic N) is 2. The van der Waals surface area contributed by atoms with E-state index >= 15 is 0 Å². The smallest absolute Gasteiger partial charge is 0.337 e. The fourth-order valence-electron chi connectivity index (χ4n) is 3.41. The van der Waals surface area contributed by atoms with Gasteiger partial charge in [0.15, 0.2) is 0 Å². The van der Waals surface area contributed by atoms with Crippen molar-refractivity contribution in [3.63, 3.8) is 0 Å². The molecule has 0 bridgehead atoms. The second kappa shape index (κ2) is 9.24. The molecule has 10 nitrogen and oxygen atoms in total. The average molecular weight is 427 g/mol. The summed E-state index contributed by atoms with van der Waals surface area (Å²) in [6.45, 7) is 1.45. The number of methoxy groups -OCH3 is 2. The van der Waals surface area contributed by atoms with Crippen molar-refractivity contribution in [2.45, 2.75) is 12.8 Å². The van der Waals surface area contributed by atoms with Gasteiger partial charge < -0.3 is 19.7 Å². The van der Waals surface area contributed by atoms with Gasteiger partial charge >= 0.3 is 11.9 Å².